The molecule has 0 radical (unpaired) electrons. The highest BCUT2D eigenvalue weighted by Crippen LogP contribution is 2.35. The summed E-state index contributed by atoms with van der Waals surface area (Å²) >= 11 is 0. The predicted octanol–water partition coefficient (Wildman–Crippen LogP) is -4.57. The first-order valence-electron chi connectivity index (χ1n) is 11.3. The number of nitrogens with two attached hydrogens (primary N) is 3. The van der Waals surface area contributed by atoms with Crippen molar-refractivity contribution < 1.29 is 49.6 Å². The Bertz CT molecular complexity index is 645. The second kappa shape index (κ2) is 10.6. The largest absolute Gasteiger partial charge is 0.391 e. The van der Waals surface area contributed by atoms with E-state index in [1.807, 2.05) is 0 Å². The number of aliphatic hydroxyl groups is 6. The number of hydrogen-bond donors (Lipinski definition) is 9. The van der Waals surface area contributed by atoms with E-state index in [0.717, 1.165) is 0 Å². The highest BCUT2D eigenvalue weighted by molar-refractivity contribution is 5.00. The molecule has 1 aliphatic carbocycles. The van der Waals surface area contributed by atoms with Gasteiger partial charge in [0.05, 0.1) is 18.2 Å². The van der Waals surface area contributed by atoms with Crippen molar-refractivity contribution in [3.05, 3.63) is 0 Å². The average Bonchev–Trinajstić information content (AvgIpc) is 3.02. The molecule has 16 atom stereocenters. The summed E-state index contributed by atoms with van der Waals surface area (Å²) in [7, 11) is 0. The molecule has 3 aliphatic rings. The van der Waals surface area contributed by atoms with Crippen LogP contribution in [0.2, 0.25) is 0 Å². The molecule has 2 heterocycles. The minimum absolute atomic E-state index is 0.295. The number of aliphatic hydroxyl groups excluding tert-OH is 6. The Morgan fingerprint density at radius 1 is 0.788 bits per heavy atom. The van der Waals surface area contributed by atoms with Crippen molar-refractivity contribution in [2.45, 2.75) is 119 Å². The molecule has 16 unspecified atom stereocenters. The van der Waals surface area contributed by atoms with Gasteiger partial charge >= 0.3 is 0 Å². The van der Waals surface area contributed by atoms with Crippen molar-refractivity contribution in [1.29, 1.82) is 0 Å². The first kappa shape index (κ1) is 27.1. The molecule has 1 saturated carbocycles. The van der Waals surface area contributed by atoms with Gasteiger partial charge in [0.25, 0.3) is 0 Å². The van der Waals surface area contributed by atoms with Crippen LogP contribution >= 0.6 is 0 Å². The lowest BCUT2D eigenvalue weighted by molar-refractivity contribution is -0.317. The molecule has 0 aromatic heterocycles. The van der Waals surface area contributed by atoms with E-state index >= 15 is 0 Å². The van der Waals surface area contributed by atoms with Crippen molar-refractivity contribution in [1.82, 2.24) is 0 Å². The maximum atomic E-state index is 10.9. The van der Waals surface area contributed by atoms with E-state index in [2.05, 4.69) is 0 Å². The fraction of sp³-hybridized carbons (Fsp3) is 1.00. The van der Waals surface area contributed by atoms with E-state index in [-0.39, 0.29) is 5.92 Å². The third kappa shape index (κ3) is 5.35. The van der Waals surface area contributed by atoms with Gasteiger partial charge in [0, 0.05) is 12.1 Å². The summed E-state index contributed by atoms with van der Waals surface area (Å²) in [6.45, 7) is 4.77. The van der Waals surface area contributed by atoms with Crippen molar-refractivity contribution in [3.63, 3.8) is 0 Å². The zero-order chi connectivity index (χ0) is 24.8. The van der Waals surface area contributed by atoms with E-state index in [4.69, 9.17) is 36.1 Å². The van der Waals surface area contributed by atoms with Crippen LogP contribution in [0.5, 0.6) is 0 Å². The molecule has 3 fully saturated rings. The Morgan fingerprint density at radius 2 is 1.33 bits per heavy atom. The van der Waals surface area contributed by atoms with Gasteiger partial charge < -0.3 is 66.8 Å². The Labute approximate surface area is 192 Å². The lowest BCUT2D eigenvalue weighted by Crippen LogP contribution is -2.67. The van der Waals surface area contributed by atoms with Crippen molar-refractivity contribution in [3.8, 4) is 0 Å². The van der Waals surface area contributed by atoms with Gasteiger partial charge in [-0.3, -0.25) is 0 Å². The zero-order valence-corrected chi connectivity index (χ0v) is 19.0. The summed E-state index contributed by atoms with van der Waals surface area (Å²) in [6, 6.07) is -2.44. The van der Waals surface area contributed by atoms with E-state index < -0.39 is 91.7 Å². The van der Waals surface area contributed by atoms with Gasteiger partial charge in [-0.2, -0.15) is 0 Å². The van der Waals surface area contributed by atoms with Gasteiger partial charge in [-0.1, -0.05) is 6.92 Å². The lowest BCUT2D eigenvalue weighted by atomic mass is 9.80. The second-order valence-electron chi connectivity index (χ2n) is 9.65. The first-order valence-corrected chi connectivity index (χ1v) is 11.3. The topological polar surface area (TPSA) is 236 Å². The Morgan fingerprint density at radius 3 is 1.88 bits per heavy atom. The maximum absolute atomic E-state index is 10.9. The Kier molecular flexibility index (Phi) is 8.71. The fourth-order valence-electron chi connectivity index (χ4n) is 4.76. The normalized spacial score (nSPS) is 53.1. The molecule has 0 aromatic rings. The SMILES string of the molecule is CC(N)C1OC(OC2C(O)C(C)CC(N)C2OC2OC(C(C)O)C(O)C(O)C2N)C(O)C1O. The molecule has 0 aromatic carbocycles. The summed E-state index contributed by atoms with van der Waals surface area (Å²) in [5.41, 5.74) is 18.1. The standard InChI is InChI=1S/C20H39N3O10/c1-5-4-8(22)17(32-19-9(23)11(26)12(27)16(31-19)7(3)24)18(10(5)25)33-20-14(29)13(28)15(30-20)6(2)21/h5-20,24-29H,4,21-23H2,1-3H3. The monoisotopic (exact) mass is 481 g/mol. The minimum Gasteiger partial charge on any atom is -0.391 e. The van der Waals surface area contributed by atoms with Gasteiger partial charge in [0.1, 0.15) is 48.8 Å². The fourth-order valence-corrected chi connectivity index (χ4v) is 4.76. The summed E-state index contributed by atoms with van der Waals surface area (Å²) in [4.78, 5) is 0. The predicted molar refractivity (Wildman–Crippen MR) is 112 cm³/mol. The molecule has 0 bridgehead atoms. The third-order valence-corrected chi connectivity index (χ3v) is 6.83. The van der Waals surface area contributed by atoms with Crippen LogP contribution in [0.15, 0.2) is 0 Å². The molecule has 2 saturated heterocycles. The van der Waals surface area contributed by atoms with Crippen LogP contribution in [0.1, 0.15) is 27.2 Å². The molecule has 33 heavy (non-hydrogen) atoms. The maximum Gasteiger partial charge on any atom is 0.187 e. The van der Waals surface area contributed by atoms with Gasteiger partial charge in [-0.25, -0.2) is 0 Å². The molecule has 3 rings (SSSR count). The summed E-state index contributed by atoms with van der Waals surface area (Å²) in [5.74, 6) is -0.295. The number of ether oxygens (including phenoxy) is 4. The lowest BCUT2D eigenvalue weighted by Gasteiger charge is -2.47. The quantitative estimate of drug-likeness (QED) is 0.174. The Balaban J connectivity index is 1.80. The second-order valence-corrected chi connectivity index (χ2v) is 9.65. The zero-order valence-electron chi connectivity index (χ0n) is 19.0. The van der Waals surface area contributed by atoms with Crippen LogP contribution in [0.4, 0.5) is 0 Å². The van der Waals surface area contributed by atoms with Crippen molar-refractivity contribution >= 4 is 0 Å². The highest BCUT2D eigenvalue weighted by atomic mass is 16.7. The average molecular weight is 482 g/mol. The van der Waals surface area contributed by atoms with Gasteiger partial charge in [0.2, 0.25) is 0 Å². The number of rotatable bonds is 6. The van der Waals surface area contributed by atoms with Gasteiger partial charge in [-0.15, -0.1) is 0 Å². The summed E-state index contributed by atoms with van der Waals surface area (Å²) in [6.07, 6.45) is -14.2. The van der Waals surface area contributed by atoms with E-state index in [1.165, 1.54) is 6.92 Å². The first-order chi connectivity index (χ1) is 15.3. The molecule has 12 N–H and O–H groups in total. The van der Waals surface area contributed by atoms with E-state index in [0.29, 0.717) is 6.42 Å². The van der Waals surface area contributed by atoms with Crippen molar-refractivity contribution in [2.75, 3.05) is 0 Å². The summed E-state index contributed by atoms with van der Waals surface area (Å²) < 4.78 is 23.1. The molecule has 13 nitrogen and oxygen atoms in total. The Hall–Kier alpha value is -0.520. The molecular formula is C20H39N3O10. The third-order valence-electron chi connectivity index (χ3n) is 6.83. The minimum atomic E-state index is -1.45. The van der Waals surface area contributed by atoms with Crippen LogP contribution in [0, 0.1) is 5.92 Å². The van der Waals surface area contributed by atoms with Gasteiger partial charge in [-0.05, 0) is 26.2 Å². The van der Waals surface area contributed by atoms with Crippen molar-refractivity contribution in [2.24, 2.45) is 23.1 Å². The molecule has 0 spiro atoms. The van der Waals surface area contributed by atoms with Crippen LogP contribution < -0.4 is 17.2 Å². The molecule has 194 valence electrons. The van der Waals surface area contributed by atoms with E-state index in [1.54, 1.807) is 13.8 Å². The molecule has 13 heteroatoms. The molecule has 2 aliphatic heterocycles. The van der Waals surface area contributed by atoms with Crippen LogP contribution in [0.25, 0.3) is 0 Å². The van der Waals surface area contributed by atoms with Crippen LogP contribution in [0.3, 0.4) is 0 Å². The van der Waals surface area contributed by atoms with Crippen LogP contribution in [-0.2, 0) is 18.9 Å². The molecule has 0 amide bonds. The van der Waals surface area contributed by atoms with Gasteiger partial charge in [0.15, 0.2) is 12.6 Å². The summed E-state index contributed by atoms with van der Waals surface area (Å²) in [5, 5.41) is 61.9. The highest BCUT2D eigenvalue weighted by Gasteiger charge is 2.52. The van der Waals surface area contributed by atoms with Crippen LogP contribution in [-0.4, -0.2) is 122 Å². The number of hydrogen-bond acceptors (Lipinski definition) is 13. The van der Waals surface area contributed by atoms with E-state index in [9.17, 15) is 30.6 Å². The molecular weight excluding hydrogens is 442 g/mol. The smallest absolute Gasteiger partial charge is 0.187 e.